The molecule has 2 aromatic rings. The number of aliphatic hydroxyl groups is 1. The van der Waals surface area contributed by atoms with Crippen molar-refractivity contribution in [3.05, 3.63) is 36.5 Å². The summed E-state index contributed by atoms with van der Waals surface area (Å²) in [6.07, 6.45) is 1.57. The fraction of sp³-hybridized carbons (Fsp3) is 0.308. The summed E-state index contributed by atoms with van der Waals surface area (Å²) in [4.78, 5) is 4.29. The standard InChI is InChI=1S/C13H16N2O3S/c1-10(9-16)8-15-19(17,18)12-6-2-4-11-5-3-7-14-13(11)12/h2-7,10,15-16H,8-9H2,1H3/t10-/m1/s1. The molecule has 0 aliphatic rings. The molecule has 0 saturated heterocycles. The highest BCUT2D eigenvalue weighted by Gasteiger charge is 2.18. The molecule has 1 heterocycles. The van der Waals surface area contributed by atoms with E-state index in [1.165, 1.54) is 6.07 Å². The van der Waals surface area contributed by atoms with Gasteiger partial charge in [-0.1, -0.05) is 25.1 Å². The second-order valence-electron chi connectivity index (χ2n) is 4.47. The number of nitrogens with zero attached hydrogens (tertiary/aromatic N) is 1. The fourth-order valence-electron chi connectivity index (χ4n) is 1.69. The van der Waals surface area contributed by atoms with Gasteiger partial charge in [0.2, 0.25) is 10.0 Å². The number of aliphatic hydroxyl groups excluding tert-OH is 1. The minimum absolute atomic E-state index is 0.0592. The molecule has 0 amide bonds. The molecule has 1 aromatic heterocycles. The van der Waals surface area contributed by atoms with E-state index in [1.54, 1.807) is 25.3 Å². The van der Waals surface area contributed by atoms with E-state index in [9.17, 15) is 8.42 Å². The zero-order chi connectivity index (χ0) is 13.9. The molecule has 0 bridgehead atoms. The molecule has 0 fully saturated rings. The van der Waals surface area contributed by atoms with E-state index in [1.807, 2.05) is 12.1 Å². The summed E-state index contributed by atoms with van der Waals surface area (Å²) >= 11 is 0. The quantitative estimate of drug-likeness (QED) is 0.861. The van der Waals surface area contributed by atoms with Crippen LogP contribution in [0.1, 0.15) is 6.92 Å². The van der Waals surface area contributed by atoms with Crippen molar-refractivity contribution >= 4 is 20.9 Å². The number of pyridine rings is 1. The third-order valence-electron chi connectivity index (χ3n) is 2.82. The predicted molar refractivity (Wildman–Crippen MR) is 73.2 cm³/mol. The van der Waals surface area contributed by atoms with E-state index >= 15 is 0 Å². The van der Waals surface area contributed by atoms with Crippen LogP contribution in [-0.2, 0) is 10.0 Å². The Kier molecular flexibility index (Phi) is 4.14. The van der Waals surface area contributed by atoms with Crippen molar-refractivity contribution in [1.82, 2.24) is 9.71 Å². The van der Waals surface area contributed by atoms with E-state index < -0.39 is 10.0 Å². The molecule has 1 aromatic carbocycles. The Labute approximate surface area is 112 Å². The normalized spacial score (nSPS) is 13.6. The topological polar surface area (TPSA) is 79.3 Å². The molecule has 19 heavy (non-hydrogen) atoms. The van der Waals surface area contributed by atoms with Crippen LogP contribution < -0.4 is 4.72 Å². The van der Waals surface area contributed by atoms with Gasteiger partial charge in [-0.3, -0.25) is 4.98 Å². The Morgan fingerprint density at radius 1 is 1.32 bits per heavy atom. The van der Waals surface area contributed by atoms with Gasteiger partial charge < -0.3 is 5.11 Å². The third-order valence-corrected chi connectivity index (χ3v) is 4.27. The Morgan fingerprint density at radius 3 is 2.79 bits per heavy atom. The van der Waals surface area contributed by atoms with Gasteiger partial charge in [0, 0.05) is 24.7 Å². The SMILES string of the molecule is C[C@@H](CO)CNS(=O)(=O)c1cccc2cccnc12. The van der Waals surface area contributed by atoms with E-state index in [0.29, 0.717) is 5.52 Å². The fourth-order valence-corrected chi connectivity index (χ4v) is 3.03. The molecule has 2 N–H and O–H groups in total. The lowest BCUT2D eigenvalue weighted by atomic mass is 10.2. The van der Waals surface area contributed by atoms with Gasteiger partial charge in [0.25, 0.3) is 0 Å². The number of nitrogens with one attached hydrogen (secondary N) is 1. The molecule has 102 valence electrons. The summed E-state index contributed by atoms with van der Waals surface area (Å²) in [5, 5.41) is 9.71. The summed E-state index contributed by atoms with van der Waals surface area (Å²) in [5.74, 6) is -0.127. The number of aromatic nitrogens is 1. The van der Waals surface area contributed by atoms with E-state index in [0.717, 1.165) is 5.39 Å². The first-order chi connectivity index (χ1) is 9.04. The molecule has 0 radical (unpaired) electrons. The summed E-state index contributed by atoms with van der Waals surface area (Å²) < 4.78 is 27.0. The highest BCUT2D eigenvalue weighted by atomic mass is 32.2. The number of hydrogen-bond acceptors (Lipinski definition) is 4. The lowest BCUT2D eigenvalue weighted by molar-refractivity contribution is 0.238. The van der Waals surface area contributed by atoms with Crippen LogP contribution in [-0.4, -0.2) is 31.7 Å². The summed E-state index contributed by atoms with van der Waals surface area (Å²) in [7, 11) is -3.62. The van der Waals surface area contributed by atoms with Gasteiger partial charge in [-0.25, -0.2) is 13.1 Å². The van der Waals surface area contributed by atoms with Crippen LogP contribution in [0.5, 0.6) is 0 Å². The zero-order valence-corrected chi connectivity index (χ0v) is 11.4. The van der Waals surface area contributed by atoms with Crippen LogP contribution in [0.4, 0.5) is 0 Å². The highest BCUT2D eigenvalue weighted by molar-refractivity contribution is 7.89. The summed E-state index contributed by atoms with van der Waals surface area (Å²) in [6.45, 7) is 1.90. The molecule has 0 unspecified atom stereocenters. The highest BCUT2D eigenvalue weighted by Crippen LogP contribution is 2.20. The van der Waals surface area contributed by atoms with E-state index in [-0.39, 0.29) is 24.0 Å². The second kappa shape index (κ2) is 5.64. The number of rotatable bonds is 5. The maximum Gasteiger partial charge on any atom is 0.242 e. The number of sulfonamides is 1. The molecular weight excluding hydrogens is 264 g/mol. The van der Waals surface area contributed by atoms with Crippen molar-refractivity contribution in [2.75, 3.05) is 13.2 Å². The van der Waals surface area contributed by atoms with Gasteiger partial charge in [-0.15, -0.1) is 0 Å². The van der Waals surface area contributed by atoms with Gasteiger partial charge in [-0.05, 0) is 18.1 Å². The Bertz CT molecular complexity index is 665. The van der Waals surface area contributed by atoms with Gasteiger partial charge in [0.05, 0.1) is 5.52 Å². The summed E-state index contributed by atoms with van der Waals surface area (Å²) in [6, 6.07) is 8.62. The van der Waals surface area contributed by atoms with Gasteiger partial charge in [0.1, 0.15) is 4.90 Å². The lowest BCUT2D eigenvalue weighted by Crippen LogP contribution is -2.29. The van der Waals surface area contributed by atoms with Crippen molar-refractivity contribution in [2.45, 2.75) is 11.8 Å². The van der Waals surface area contributed by atoms with Gasteiger partial charge in [-0.2, -0.15) is 0 Å². The maximum atomic E-state index is 12.2. The van der Waals surface area contributed by atoms with E-state index in [4.69, 9.17) is 5.11 Å². The van der Waals surface area contributed by atoms with Crippen LogP contribution in [0.25, 0.3) is 10.9 Å². The first kappa shape index (κ1) is 13.9. The zero-order valence-electron chi connectivity index (χ0n) is 10.6. The van der Waals surface area contributed by atoms with Crippen LogP contribution in [0.3, 0.4) is 0 Å². The van der Waals surface area contributed by atoms with Crippen LogP contribution >= 0.6 is 0 Å². The molecule has 0 spiro atoms. The van der Waals surface area contributed by atoms with Crippen LogP contribution in [0, 0.1) is 5.92 Å². The molecule has 6 heteroatoms. The smallest absolute Gasteiger partial charge is 0.242 e. The Morgan fingerprint density at radius 2 is 2.05 bits per heavy atom. The number of para-hydroxylation sites is 1. The van der Waals surface area contributed by atoms with Crippen molar-refractivity contribution in [3.63, 3.8) is 0 Å². The minimum Gasteiger partial charge on any atom is -0.396 e. The van der Waals surface area contributed by atoms with Crippen molar-refractivity contribution < 1.29 is 13.5 Å². The van der Waals surface area contributed by atoms with Gasteiger partial charge >= 0.3 is 0 Å². The Hall–Kier alpha value is -1.50. The predicted octanol–water partition coefficient (Wildman–Crippen LogP) is 1.14. The molecule has 5 nitrogen and oxygen atoms in total. The monoisotopic (exact) mass is 280 g/mol. The lowest BCUT2D eigenvalue weighted by Gasteiger charge is -2.11. The average Bonchev–Trinajstić information content (AvgIpc) is 2.44. The maximum absolute atomic E-state index is 12.2. The van der Waals surface area contributed by atoms with Crippen molar-refractivity contribution in [2.24, 2.45) is 5.92 Å². The molecule has 2 rings (SSSR count). The van der Waals surface area contributed by atoms with Crippen molar-refractivity contribution in [3.8, 4) is 0 Å². The first-order valence-corrected chi connectivity index (χ1v) is 7.47. The Balaban J connectivity index is 2.38. The summed E-state index contributed by atoms with van der Waals surface area (Å²) in [5.41, 5.74) is 0.453. The van der Waals surface area contributed by atoms with E-state index in [2.05, 4.69) is 9.71 Å². The molecular formula is C13H16N2O3S. The molecule has 0 saturated carbocycles. The minimum atomic E-state index is -3.62. The number of benzene rings is 1. The number of hydrogen-bond donors (Lipinski definition) is 2. The number of fused-ring (bicyclic) bond motifs is 1. The molecule has 0 aliphatic carbocycles. The largest absolute Gasteiger partial charge is 0.396 e. The van der Waals surface area contributed by atoms with Gasteiger partial charge in [0.15, 0.2) is 0 Å². The van der Waals surface area contributed by atoms with Crippen LogP contribution in [0.2, 0.25) is 0 Å². The molecule has 1 atom stereocenters. The second-order valence-corrected chi connectivity index (χ2v) is 6.21. The average molecular weight is 280 g/mol. The first-order valence-electron chi connectivity index (χ1n) is 5.99. The van der Waals surface area contributed by atoms with Crippen molar-refractivity contribution in [1.29, 1.82) is 0 Å². The van der Waals surface area contributed by atoms with Crippen LogP contribution in [0.15, 0.2) is 41.4 Å². The third kappa shape index (κ3) is 3.09. The molecule has 0 aliphatic heterocycles.